The van der Waals surface area contributed by atoms with E-state index in [4.69, 9.17) is 4.74 Å². The van der Waals surface area contributed by atoms with Crippen LogP contribution in [0, 0.1) is 17.6 Å². The molecule has 0 radical (unpaired) electrons. The molecule has 2 aliphatic heterocycles. The number of anilines is 1. The van der Waals surface area contributed by atoms with Crippen LogP contribution < -0.4 is 4.90 Å². The van der Waals surface area contributed by atoms with Crippen LogP contribution in [0.25, 0.3) is 0 Å². The molecular weight excluding hydrogens is 564 g/mol. The molecule has 2 heterocycles. The molecule has 5 rings (SSSR count). The predicted octanol–water partition coefficient (Wildman–Crippen LogP) is 2.66. The van der Waals surface area contributed by atoms with Gasteiger partial charge in [-0.25, -0.2) is 8.78 Å². The molecule has 11 heteroatoms. The monoisotopic (exact) mass is 599 g/mol. The van der Waals surface area contributed by atoms with Crippen molar-refractivity contribution in [2.45, 2.75) is 68.3 Å². The number of rotatable bonds is 10. The van der Waals surface area contributed by atoms with Crippen molar-refractivity contribution in [3.05, 3.63) is 95.1 Å². The molecule has 2 saturated heterocycles. The summed E-state index contributed by atoms with van der Waals surface area (Å²) in [6.07, 6.45) is -6.01. The Bertz CT molecular complexity index is 1400. The van der Waals surface area contributed by atoms with Gasteiger partial charge in [0.05, 0.1) is 30.8 Å². The van der Waals surface area contributed by atoms with Gasteiger partial charge in [0.15, 0.2) is 0 Å². The highest BCUT2D eigenvalue weighted by Gasteiger charge is 2.49. The molecule has 8 atom stereocenters. The molecule has 2 fully saturated rings. The number of aliphatic hydroxyl groups excluding tert-OH is 5. The number of phenolic OH excluding ortho intramolecular Hbond substituents is 1. The average Bonchev–Trinajstić information content (AvgIpc) is 3.00. The number of hydrogen-bond acceptors (Lipinski definition) is 8. The van der Waals surface area contributed by atoms with Crippen LogP contribution in [-0.4, -0.2) is 73.7 Å². The van der Waals surface area contributed by atoms with Crippen molar-refractivity contribution in [2.24, 2.45) is 5.92 Å². The van der Waals surface area contributed by atoms with Crippen LogP contribution in [0.4, 0.5) is 14.5 Å². The molecule has 0 bridgehead atoms. The van der Waals surface area contributed by atoms with Crippen molar-refractivity contribution in [1.29, 1.82) is 0 Å². The molecule has 3 aromatic rings. The van der Waals surface area contributed by atoms with Crippen molar-refractivity contribution in [3.8, 4) is 5.75 Å². The quantitative estimate of drug-likeness (QED) is 0.195. The molecule has 2 aliphatic rings. The molecule has 43 heavy (non-hydrogen) atoms. The lowest BCUT2D eigenvalue weighted by atomic mass is 9.77. The molecule has 0 aromatic heterocycles. The van der Waals surface area contributed by atoms with Gasteiger partial charge in [0, 0.05) is 11.3 Å². The Morgan fingerprint density at radius 3 is 2.09 bits per heavy atom. The number of phenols is 1. The third kappa shape index (κ3) is 6.42. The van der Waals surface area contributed by atoms with E-state index in [0.29, 0.717) is 28.8 Å². The number of ether oxygens (including phenoxy) is 1. The summed E-state index contributed by atoms with van der Waals surface area (Å²) >= 11 is 0. The number of aliphatic hydroxyl groups is 5. The number of nitrogens with zero attached hydrogens (tertiary/aromatic N) is 1. The second-order valence-corrected chi connectivity index (χ2v) is 11.2. The molecule has 1 amide bonds. The van der Waals surface area contributed by atoms with Crippen molar-refractivity contribution < 1.29 is 49.0 Å². The smallest absolute Gasteiger partial charge is 0.233 e. The first kappa shape index (κ1) is 31.0. The summed E-state index contributed by atoms with van der Waals surface area (Å²) in [5.41, 5.74) is 2.12. The Morgan fingerprint density at radius 2 is 1.47 bits per heavy atom. The number of aromatic hydroxyl groups is 1. The first-order valence-electron chi connectivity index (χ1n) is 14.2. The van der Waals surface area contributed by atoms with Crippen molar-refractivity contribution in [3.63, 3.8) is 0 Å². The second-order valence-electron chi connectivity index (χ2n) is 11.2. The Labute approximate surface area is 247 Å². The van der Waals surface area contributed by atoms with Crippen molar-refractivity contribution >= 4 is 11.6 Å². The highest BCUT2D eigenvalue weighted by atomic mass is 19.1. The Kier molecular flexibility index (Phi) is 9.40. The molecule has 9 nitrogen and oxygen atoms in total. The lowest BCUT2D eigenvalue weighted by Crippen LogP contribution is -2.58. The van der Waals surface area contributed by atoms with E-state index in [1.54, 1.807) is 12.1 Å². The van der Waals surface area contributed by atoms with Gasteiger partial charge in [0.1, 0.15) is 41.8 Å². The zero-order valence-corrected chi connectivity index (χ0v) is 23.2. The van der Waals surface area contributed by atoms with Crippen LogP contribution in [0.1, 0.15) is 48.1 Å². The van der Waals surface area contributed by atoms with E-state index < -0.39 is 66.8 Å². The summed E-state index contributed by atoms with van der Waals surface area (Å²) in [6.45, 7) is -0.524. The maximum Gasteiger partial charge on any atom is 0.233 e. The van der Waals surface area contributed by atoms with Gasteiger partial charge < -0.3 is 40.3 Å². The summed E-state index contributed by atoms with van der Waals surface area (Å²) in [6, 6.07) is 15.3. The highest BCUT2D eigenvalue weighted by Crippen LogP contribution is 2.48. The minimum Gasteiger partial charge on any atom is -0.508 e. The number of halogens is 2. The number of β-lactam (4-membered cyclic amide) rings is 1. The van der Waals surface area contributed by atoms with Gasteiger partial charge in [0.2, 0.25) is 5.91 Å². The van der Waals surface area contributed by atoms with E-state index in [1.165, 1.54) is 59.5 Å². The molecule has 230 valence electrons. The highest BCUT2D eigenvalue weighted by molar-refractivity contribution is 6.03. The standard InChI is InChI=1S/C32H35F2NO8/c33-19-5-3-18(4-6-19)24(37)13-12-23-28(35(32(23)42)21-9-7-20(34)8-10-21)22-11-1-17(15-25(22)38)2-14-26-29(39)31(41)30(40)27(16-36)43-26/h1,3-11,15,23-24,26-31,36-41H,2,12-14,16H2/t23-,24+,26+,27?,28-,29-,30-,31?/m1/s1. The van der Waals surface area contributed by atoms with Crippen LogP contribution in [0.15, 0.2) is 66.7 Å². The normalized spacial score (nSPS) is 28.0. The SMILES string of the molecule is O=C1[C@H](CC[C@H](O)c2ccc(F)cc2)[C@@H](c2ccc(CC[C@@H]3OC(CO)[C@@H](O)C(O)[C@@H]3O)cc2O)N1c1ccc(F)cc1. The van der Waals surface area contributed by atoms with E-state index in [-0.39, 0.29) is 30.9 Å². The van der Waals surface area contributed by atoms with Gasteiger partial charge in [0.25, 0.3) is 0 Å². The molecule has 3 aromatic carbocycles. The molecule has 0 aliphatic carbocycles. The average molecular weight is 600 g/mol. The molecule has 0 spiro atoms. The fourth-order valence-electron chi connectivity index (χ4n) is 5.99. The van der Waals surface area contributed by atoms with E-state index in [0.717, 1.165) is 0 Å². The summed E-state index contributed by atoms with van der Waals surface area (Å²) in [7, 11) is 0. The minimum atomic E-state index is -1.47. The van der Waals surface area contributed by atoms with Crippen LogP contribution >= 0.6 is 0 Å². The lowest BCUT2D eigenvalue weighted by molar-refractivity contribution is -0.230. The molecule has 0 saturated carbocycles. The summed E-state index contributed by atoms with van der Waals surface area (Å²) in [5.74, 6) is -1.80. The van der Waals surface area contributed by atoms with E-state index >= 15 is 0 Å². The number of amides is 1. The van der Waals surface area contributed by atoms with Gasteiger partial charge in [-0.1, -0.05) is 24.3 Å². The van der Waals surface area contributed by atoms with Gasteiger partial charge in [-0.2, -0.15) is 0 Å². The maximum atomic E-state index is 13.6. The fraction of sp³-hybridized carbons (Fsp3) is 0.406. The third-order valence-corrected chi connectivity index (χ3v) is 8.45. The topological polar surface area (TPSA) is 151 Å². The molecule has 2 unspecified atom stereocenters. The number of aryl methyl sites for hydroxylation is 1. The molecule has 6 N–H and O–H groups in total. The van der Waals surface area contributed by atoms with Gasteiger partial charge in [-0.15, -0.1) is 0 Å². The predicted molar refractivity (Wildman–Crippen MR) is 151 cm³/mol. The number of hydrogen-bond donors (Lipinski definition) is 6. The number of carbonyl (C=O) groups excluding carboxylic acids is 1. The Hall–Kier alpha value is -3.45. The van der Waals surface area contributed by atoms with Gasteiger partial charge in [-0.05, 0) is 79.3 Å². The number of carbonyl (C=O) groups is 1. The van der Waals surface area contributed by atoms with Gasteiger partial charge in [-0.3, -0.25) is 4.79 Å². The van der Waals surface area contributed by atoms with Crippen molar-refractivity contribution in [2.75, 3.05) is 11.5 Å². The zero-order valence-electron chi connectivity index (χ0n) is 23.2. The van der Waals surface area contributed by atoms with Crippen LogP contribution in [0.5, 0.6) is 5.75 Å². The summed E-state index contributed by atoms with van der Waals surface area (Å²) in [5, 5.41) is 61.6. The van der Waals surface area contributed by atoms with Crippen LogP contribution in [0.3, 0.4) is 0 Å². The maximum absolute atomic E-state index is 13.6. The minimum absolute atomic E-state index is 0.0833. The Morgan fingerprint density at radius 1 is 0.837 bits per heavy atom. The second kappa shape index (κ2) is 13.0. The molecular formula is C32H35F2NO8. The van der Waals surface area contributed by atoms with E-state index in [2.05, 4.69) is 0 Å². The van der Waals surface area contributed by atoms with Crippen LogP contribution in [0.2, 0.25) is 0 Å². The summed E-state index contributed by atoms with van der Waals surface area (Å²) in [4.78, 5) is 14.8. The zero-order chi connectivity index (χ0) is 30.8. The third-order valence-electron chi connectivity index (χ3n) is 8.45. The van der Waals surface area contributed by atoms with E-state index in [1.807, 2.05) is 0 Å². The van der Waals surface area contributed by atoms with E-state index in [9.17, 15) is 44.2 Å². The lowest BCUT2D eigenvalue weighted by Gasteiger charge is -2.48. The fourth-order valence-corrected chi connectivity index (χ4v) is 5.99. The largest absolute Gasteiger partial charge is 0.508 e. The Balaban J connectivity index is 1.33. The van der Waals surface area contributed by atoms with Crippen LogP contribution in [-0.2, 0) is 16.0 Å². The first-order valence-corrected chi connectivity index (χ1v) is 14.2. The van der Waals surface area contributed by atoms with Crippen molar-refractivity contribution in [1.82, 2.24) is 0 Å². The van der Waals surface area contributed by atoms with Gasteiger partial charge >= 0.3 is 0 Å². The first-order chi connectivity index (χ1) is 20.6. The number of benzene rings is 3. The summed E-state index contributed by atoms with van der Waals surface area (Å²) < 4.78 is 32.5.